The van der Waals surface area contributed by atoms with Crippen molar-refractivity contribution >= 4 is 34.4 Å². The van der Waals surface area contributed by atoms with Crippen LogP contribution in [0, 0.1) is 10.9 Å². The lowest BCUT2D eigenvalue weighted by molar-refractivity contribution is 0.255. The molecule has 1 N–H and O–H groups in total. The van der Waals surface area contributed by atoms with Crippen molar-refractivity contribution in [3.63, 3.8) is 0 Å². The molecule has 1 aromatic carbocycles. The van der Waals surface area contributed by atoms with Crippen molar-refractivity contribution in [1.29, 1.82) is 0 Å². The Bertz CT molecular complexity index is 623. The number of rotatable bonds is 4. The number of anilines is 2. The fraction of sp³-hybridized carbons (Fsp3) is 0.429. The van der Waals surface area contributed by atoms with Gasteiger partial charge in [-0.3, -0.25) is 4.90 Å². The first-order valence-electron chi connectivity index (χ1n) is 6.85. The first-order chi connectivity index (χ1) is 9.70. The summed E-state index contributed by atoms with van der Waals surface area (Å²) in [5.41, 5.74) is 2.30. The van der Waals surface area contributed by atoms with E-state index in [0.717, 1.165) is 34.5 Å². The van der Waals surface area contributed by atoms with Gasteiger partial charge in [0.2, 0.25) is 5.13 Å². The van der Waals surface area contributed by atoms with Crippen LogP contribution in [0.2, 0.25) is 0 Å². The molecule has 0 atom stereocenters. The Hall–Kier alpha value is -1.24. The van der Waals surface area contributed by atoms with E-state index in [1.54, 1.807) is 0 Å². The van der Waals surface area contributed by atoms with E-state index in [9.17, 15) is 0 Å². The largest absolute Gasteiger partial charge is 0.330 e. The Labute approximate surface area is 128 Å². The summed E-state index contributed by atoms with van der Waals surface area (Å²) in [6.45, 7) is 5.20. The molecule has 3 rings (SSSR count). The van der Waals surface area contributed by atoms with Crippen LogP contribution in [0.25, 0.3) is 0 Å². The molecule has 0 spiro atoms. The van der Waals surface area contributed by atoms with Gasteiger partial charge in [-0.1, -0.05) is 29.0 Å². The van der Waals surface area contributed by atoms with Gasteiger partial charge in [0, 0.05) is 5.69 Å². The highest BCUT2D eigenvalue weighted by Gasteiger charge is 2.13. The summed E-state index contributed by atoms with van der Waals surface area (Å²) in [6, 6.07) is 8.29. The highest BCUT2D eigenvalue weighted by molar-refractivity contribution is 7.73. The van der Waals surface area contributed by atoms with Crippen LogP contribution in [0.15, 0.2) is 24.3 Å². The smallest absolute Gasteiger partial charge is 0.209 e. The topological polar surface area (TPSA) is 33.1 Å². The highest BCUT2D eigenvalue weighted by atomic mass is 32.1. The van der Waals surface area contributed by atoms with E-state index in [4.69, 9.17) is 12.2 Å². The van der Waals surface area contributed by atoms with Crippen molar-refractivity contribution < 1.29 is 0 Å². The average molecular weight is 306 g/mol. The van der Waals surface area contributed by atoms with Gasteiger partial charge in [0.1, 0.15) is 0 Å². The molecule has 2 aromatic rings. The van der Waals surface area contributed by atoms with Gasteiger partial charge in [0.25, 0.3) is 0 Å². The summed E-state index contributed by atoms with van der Waals surface area (Å²) in [4.78, 5) is 2.39. The third-order valence-electron chi connectivity index (χ3n) is 3.44. The molecular weight excluding hydrogens is 288 g/mol. The van der Waals surface area contributed by atoms with Crippen molar-refractivity contribution in [2.75, 3.05) is 18.4 Å². The molecule has 0 saturated carbocycles. The van der Waals surface area contributed by atoms with E-state index in [0.29, 0.717) is 0 Å². The molecule has 1 aliphatic rings. The van der Waals surface area contributed by atoms with Gasteiger partial charge in [0.15, 0.2) is 3.95 Å². The molecule has 6 heteroatoms. The maximum atomic E-state index is 5.40. The monoisotopic (exact) mass is 306 g/mol. The standard InChI is InChI=1S/C14H18N4S2/c1-11-4-6-12(7-5-11)15-13-16-18(14(19)20-13)10-17-8-2-3-9-17/h4-7H,2-3,8-10H2,1H3,(H,15,16). The van der Waals surface area contributed by atoms with E-state index in [-0.39, 0.29) is 0 Å². The van der Waals surface area contributed by atoms with Crippen LogP contribution in [0.4, 0.5) is 10.8 Å². The number of benzene rings is 1. The lowest BCUT2D eigenvalue weighted by atomic mass is 10.2. The van der Waals surface area contributed by atoms with Crippen LogP contribution in [0.5, 0.6) is 0 Å². The molecule has 0 radical (unpaired) electrons. The summed E-state index contributed by atoms with van der Waals surface area (Å²) in [6.07, 6.45) is 2.57. The zero-order valence-corrected chi connectivity index (χ0v) is 13.1. The SMILES string of the molecule is Cc1ccc(Nc2nn(CN3CCCC3)c(=S)s2)cc1. The Morgan fingerprint density at radius 3 is 2.65 bits per heavy atom. The van der Waals surface area contributed by atoms with Gasteiger partial charge in [-0.05, 0) is 57.2 Å². The fourth-order valence-electron chi connectivity index (χ4n) is 2.32. The highest BCUT2D eigenvalue weighted by Crippen LogP contribution is 2.21. The number of nitrogens with zero attached hydrogens (tertiary/aromatic N) is 3. The summed E-state index contributed by atoms with van der Waals surface area (Å²) >= 11 is 6.92. The number of hydrogen-bond acceptors (Lipinski definition) is 5. The van der Waals surface area contributed by atoms with Crippen LogP contribution in [-0.2, 0) is 6.67 Å². The second-order valence-corrected chi connectivity index (χ2v) is 6.75. The molecule has 2 heterocycles. The van der Waals surface area contributed by atoms with Crippen LogP contribution in [-0.4, -0.2) is 27.8 Å². The quantitative estimate of drug-likeness (QED) is 0.872. The Morgan fingerprint density at radius 1 is 1.25 bits per heavy atom. The molecule has 0 bridgehead atoms. The summed E-state index contributed by atoms with van der Waals surface area (Å²) in [5.74, 6) is 0. The Kier molecular flexibility index (Phi) is 4.14. The van der Waals surface area contributed by atoms with Gasteiger partial charge in [-0.15, -0.1) is 5.10 Å². The fourth-order valence-corrected chi connectivity index (χ4v) is 3.33. The van der Waals surface area contributed by atoms with Crippen molar-refractivity contribution in [3.05, 3.63) is 33.8 Å². The summed E-state index contributed by atoms with van der Waals surface area (Å²) in [5, 5.41) is 8.75. The zero-order valence-electron chi connectivity index (χ0n) is 11.5. The van der Waals surface area contributed by atoms with E-state index in [1.807, 2.05) is 4.68 Å². The lowest BCUT2D eigenvalue weighted by Crippen LogP contribution is -2.23. The van der Waals surface area contributed by atoms with E-state index in [2.05, 4.69) is 46.5 Å². The van der Waals surface area contributed by atoms with Crippen LogP contribution >= 0.6 is 23.6 Å². The minimum Gasteiger partial charge on any atom is -0.330 e. The Morgan fingerprint density at radius 2 is 1.95 bits per heavy atom. The van der Waals surface area contributed by atoms with Crippen molar-refractivity contribution in [1.82, 2.24) is 14.7 Å². The van der Waals surface area contributed by atoms with Crippen LogP contribution in [0.1, 0.15) is 18.4 Å². The molecule has 20 heavy (non-hydrogen) atoms. The van der Waals surface area contributed by atoms with Crippen molar-refractivity contribution in [2.45, 2.75) is 26.4 Å². The molecule has 0 unspecified atom stereocenters. The number of nitrogens with one attached hydrogen (secondary N) is 1. The molecular formula is C14H18N4S2. The van der Waals surface area contributed by atoms with Crippen molar-refractivity contribution in [2.24, 2.45) is 0 Å². The van der Waals surface area contributed by atoms with E-state index < -0.39 is 0 Å². The predicted octanol–water partition coefficient (Wildman–Crippen LogP) is 3.78. The number of aromatic nitrogens is 2. The summed E-state index contributed by atoms with van der Waals surface area (Å²) in [7, 11) is 0. The Balaban J connectivity index is 1.71. The molecule has 1 saturated heterocycles. The minimum atomic E-state index is 0.810. The maximum absolute atomic E-state index is 5.40. The lowest BCUT2D eigenvalue weighted by Gasteiger charge is -2.13. The zero-order chi connectivity index (χ0) is 13.9. The maximum Gasteiger partial charge on any atom is 0.209 e. The van der Waals surface area contributed by atoms with Crippen molar-refractivity contribution in [3.8, 4) is 0 Å². The second-order valence-electron chi connectivity index (χ2n) is 5.13. The molecule has 1 aromatic heterocycles. The predicted molar refractivity (Wildman–Crippen MR) is 86.2 cm³/mol. The molecule has 1 fully saturated rings. The van der Waals surface area contributed by atoms with Gasteiger partial charge >= 0.3 is 0 Å². The number of likely N-dealkylation sites (tertiary alicyclic amines) is 1. The molecule has 0 amide bonds. The molecule has 4 nitrogen and oxygen atoms in total. The van der Waals surface area contributed by atoms with Crippen LogP contribution in [0.3, 0.4) is 0 Å². The first-order valence-corrected chi connectivity index (χ1v) is 8.07. The normalized spacial score (nSPS) is 15.7. The molecule has 0 aliphatic carbocycles. The minimum absolute atomic E-state index is 0.810. The third kappa shape index (κ3) is 3.26. The number of hydrogen-bond donors (Lipinski definition) is 1. The second kappa shape index (κ2) is 6.03. The van der Waals surface area contributed by atoms with Gasteiger partial charge in [-0.25, -0.2) is 4.68 Å². The van der Waals surface area contributed by atoms with Crippen LogP contribution < -0.4 is 5.32 Å². The first kappa shape index (κ1) is 13.7. The van der Waals surface area contributed by atoms with Gasteiger partial charge < -0.3 is 5.32 Å². The number of aryl methyl sites for hydroxylation is 1. The van der Waals surface area contributed by atoms with Gasteiger partial charge in [-0.2, -0.15) is 0 Å². The van der Waals surface area contributed by atoms with E-state index in [1.165, 1.54) is 29.7 Å². The molecule has 1 aliphatic heterocycles. The molecule has 106 valence electrons. The third-order valence-corrected chi connectivity index (χ3v) is 4.66. The summed E-state index contributed by atoms with van der Waals surface area (Å²) < 4.78 is 2.74. The van der Waals surface area contributed by atoms with Gasteiger partial charge in [0.05, 0.1) is 6.67 Å². The average Bonchev–Trinajstić information content (AvgIpc) is 3.04. The van der Waals surface area contributed by atoms with E-state index >= 15 is 0 Å².